The van der Waals surface area contributed by atoms with Gasteiger partial charge in [-0.1, -0.05) is 30.3 Å². The molecule has 0 aliphatic heterocycles. The number of rotatable bonds is 4. The molecule has 3 nitrogen and oxygen atoms in total. The van der Waals surface area contributed by atoms with Gasteiger partial charge in [-0.15, -0.1) is 16.7 Å². The maximum absolute atomic E-state index is 5.68. The molecule has 1 unspecified atom stereocenters. The number of aromatic nitrogens is 2. The summed E-state index contributed by atoms with van der Waals surface area (Å²) in [6.07, 6.45) is -0.0487. The fourth-order valence-electron chi connectivity index (χ4n) is 1.45. The van der Waals surface area contributed by atoms with Gasteiger partial charge in [0.1, 0.15) is 6.10 Å². The molecular weight excluding hydrogens is 236 g/mol. The molecule has 1 atom stereocenters. The standard InChI is InChI=1S/C13H13ClN2O/c1-10(11-5-3-2-4-6-11)17-13-8-7-12(9-14)15-16-13/h2-8,10H,9H2,1H3. The van der Waals surface area contributed by atoms with E-state index in [0.29, 0.717) is 11.8 Å². The maximum Gasteiger partial charge on any atom is 0.233 e. The lowest BCUT2D eigenvalue weighted by molar-refractivity contribution is 0.214. The molecule has 0 N–H and O–H groups in total. The molecule has 1 aromatic heterocycles. The van der Waals surface area contributed by atoms with Crippen LogP contribution in [0.15, 0.2) is 42.5 Å². The van der Waals surface area contributed by atoms with Crippen molar-refractivity contribution in [3.63, 3.8) is 0 Å². The highest BCUT2D eigenvalue weighted by atomic mass is 35.5. The zero-order chi connectivity index (χ0) is 12.1. The van der Waals surface area contributed by atoms with Crippen molar-refractivity contribution in [3.05, 3.63) is 53.7 Å². The van der Waals surface area contributed by atoms with E-state index in [0.717, 1.165) is 11.3 Å². The van der Waals surface area contributed by atoms with Gasteiger partial charge in [-0.3, -0.25) is 0 Å². The van der Waals surface area contributed by atoms with Crippen molar-refractivity contribution in [1.29, 1.82) is 0 Å². The van der Waals surface area contributed by atoms with Crippen LogP contribution in [0.2, 0.25) is 0 Å². The fourth-order valence-corrected chi connectivity index (χ4v) is 1.60. The first-order chi connectivity index (χ1) is 8.29. The third-order valence-electron chi connectivity index (χ3n) is 2.40. The van der Waals surface area contributed by atoms with Crippen LogP contribution in [-0.2, 0) is 5.88 Å². The summed E-state index contributed by atoms with van der Waals surface area (Å²) in [7, 11) is 0. The van der Waals surface area contributed by atoms with Crippen LogP contribution >= 0.6 is 11.6 Å². The summed E-state index contributed by atoms with van der Waals surface area (Å²) in [6, 6.07) is 13.6. The molecule has 1 heterocycles. The van der Waals surface area contributed by atoms with E-state index in [1.165, 1.54) is 0 Å². The predicted octanol–water partition coefficient (Wildman–Crippen LogP) is 3.36. The first-order valence-electron chi connectivity index (χ1n) is 5.40. The Morgan fingerprint density at radius 2 is 1.88 bits per heavy atom. The third kappa shape index (κ3) is 3.17. The smallest absolute Gasteiger partial charge is 0.233 e. The van der Waals surface area contributed by atoms with E-state index in [2.05, 4.69) is 10.2 Å². The summed E-state index contributed by atoms with van der Waals surface area (Å²) in [5.74, 6) is 0.872. The highest BCUT2D eigenvalue weighted by Crippen LogP contribution is 2.19. The summed E-state index contributed by atoms with van der Waals surface area (Å²) in [5.41, 5.74) is 1.85. The van der Waals surface area contributed by atoms with Gasteiger partial charge in [0.25, 0.3) is 0 Å². The number of halogens is 1. The summed E-state index contributed by atoms with van der Waals surface area (Å²) >= 11 is 5.64. The monoisotopic (exact) mass is 248 g/mol. The van der Waals surface area contributed by atoms with Crippen LogP contribution in [0.3, 0.4) is 0 Å². The second-order valence-electron chi connectivity index (χ2n) is 3.67. The van der Waals surface area contributed by atoms with E-state index in [1.807, 2.05) is 43.3 Å². The Morgan fingerprint density at radius 3 is 2.47 bits per heavy atom. The zero-order valence-corrected chi connectivity index (χ0v) is 10.3. The number of benzene rings is 1. The Kier molecular flexibility index (Phi) is 3.94. The van der Waals surface area contributed by atoms with Gasteiger partial charge in [-0.05, 0) is 18.6 Å². The summed E-state index contributed by atoms with van der Waals surface area (Å²) in [5, 5.41) is 7.90. The normalized spacial score (nSPS) is 12.1. The Labute approximate surface area is 105 Å². The van der Waals surface area contributed by atoms with Gasteiger partial charge in [0.2, 0.25) is 5.88 Å². The molecule has 0 fully saturated rings. The van der Waals surface area contributed by atoms with E-state index in [-0.39, 0.29) is 6.10 Å². The average molecular weight is 249 g/mol. The Morgan fingerprint density at radius 1 is 1.12 bits per heavy atom. The van der Waals surface area contributed by atoms with Gasteiger partial charge in [0.05, 0.1) is 11.6 Å². The minimum absolute atomic E-state index is 0.0487. The van der Waals surface area contributed by atoms with E-state index in [4.69, 9.17) is 16.3 Å². The van der Waals surface area contributed by atoms with Crippen LogP contribution in [0.1, 0.15) is 24.3 Å². The fraction of sp³-hybridized carbons (Fsp3) is 0.231. The second kappa shape index (κ2) is 5.64. The molecule has 2 rings (SSSR count). The van der Waals surface area contributed by atoms with Crippen molar-refractivity contribution < 1.29 is 4.74 Å². The summed E-state index contributed by atoms with van der Waals surface area (Å²) in [4.78, 5) is 0. The van der Waals surface area contributed by atoms with Crippen molar-refractivity contribution >= 4 is 11.6 Å². The van der Waals surface area contributed by atoms with E-state index < -0.39 is 0 Å². The molecule has 2 aromatic rings. The number of alkyl halides is 1. The Balaban J connectivity index is 2.05. The minimum atomic E-state index is -0.0487. The maximum atomic E-state index is 5.68. The third-order valence-corrected chi connectivity index (χ3v) is 2.67. The largest absolute Gasteiger partial charge is 0.469 e. The predicted molar refractivity (Wildman–Crippen MR) is 67.1 cm³/mol. The molecule has 0 amide bonds. The Hall–Kier alpha value is -1.61. The van der Waals surface area contributed by atoms with Gasteiger partial charge >= 0.3 is 0 Å². The van der Waals surface area contributed by atoms with Crippen LogP contribution in [0.5, 0.6) is 5.88 Å². The van der Waals surface area contributed by atoms with Crippen molar-refractivity contribution in [2.75, 3.05) is 0 Å². The molecule has 88 valence electrons. The molecule has 0 bridgehead atoms. The first-order valence-corrected chi connectivity index (χ1v) is 5.93. The van der Waals surface area contributed by atoms with Crippen LogP contribution < -0.4 is 4.74 Å². The molecule has 0 saturated heterocycles. The van der Waals surface area contributed by atoms with E-state index >= 15 is 0 Å². The number of hydrogen-bond acceptors (Lipinski definition) is 3. The SMILES string of the molecule is CC(Oc1ccc(CCl)nn1)c1ccccc1. The molecule has 0 aliphatic rings. The molecule has 1 aromatic carbocycles. The molecule has 4 heteroatoms. The van der Waals surface area contributed by atoms with Crippen LogP contribution in [0.4, 0.5) is 0 Å². The number of nitrogens with zero attached hydrogens (tertiary/aromatic N) is 2. The quantitative estimate of drug-likeness (QED) is 0.779. The highest BCUT2D eigenvalue weighted by Gasteiger charge is 2.07. The van der Waals surface area contributed by atoms with E-state index in [9.17, 15) is 0 Å². The summed E-state index contributed by atoms with van der Waals surface area (Å²) < 4.78 is 5.68. The lowest BCUT2D eigenvalue weighted by Crippen LogP contribution is -2.05. The number of ether oxygens (including phenoxy) is 1. The molecule has 0 radical (unpaired) electrons. The zero-order valence-electron chi connectivity index (χ0n) is 9.51. The molecule has 0 aliphatic carbocycles. The van der Waals surface area contributed by atoms with Gasteiger partial charge in [0, 0.05) is 6.07 Å². The van der Waals surface area contributed by atoms with Crippen molar-refractivity contribution in [2.24, 2.45) is 0 Å². The highest BCUT2D eigenvalue weighted by molar-refractivity contribution is 6.16. The van der Waals surface area contributed by atoms with Crippen LogP contribution in [0.25, 0.3) is 0 Å². The average Bonchev–Trinajstić information content (AvgIpc) is 2.40. The topological polar surface area (TPSA) is 35.0 Å². The lowest BCUT2D eigenvalue weighted by Gasteiger charge is -2.13. The number of hydrogen-bond donors (Lipinski definition) is 0. The molecule has 0 spiro atoms. The van der Waals surface area contributed by atoms with Crippen molar-refractivity contribution in [3.8, 4) is 5.88 Å². The molecular formula is C13H13ClN2O. The van der Waals surface area contributed by atoms with Crippen molar-refractivity contribution in [2.45, 2.75) is 18.9 Å². The first kappa shape index (κ1) is 11.9. The summed E-state index contributed by atoms with van der Waals surface area (Å²) in [6.45, 7) is 1.98. The van der Waals surface area contributed by atoms with Crippen molar-refractivity contribution in [1.82, 2.24) is 10.2 Å². The minimum Gasteiger partial charge on any atom is -0.469 e. The molecule has 0 saturated carbocycles. The van der Waals surface area contributed by atoms with E-state index in [1.54, 1.807) is 6.07 Å². The van der Waals surface area contributed by atoms with Crippen LogP contribution in [-0.4, -0.2) is 10.2 Å². The second-order valence-corrected chi connectivity index (χ2v) is 3.93. The van der Waals surface area contributed by atoms with Gasteiger partial charge in [0.15, 0.2) is 0 Å². The van der Waals surface area contributed by atoms with Crippen LogP contribution in [0, 0.1) is 0 Å². The lowest BCUT2D eigenvalue weighted by atomic mass is 10.1. The van der Waals surface area contributed by atoms with Gasteiger partial charge < -0.3 is 4.74 Å². The Bertz CT molecular complexity index is 459. The van der Waals surface area contributed by atoms with Gasteiger partial charge in [-0.2, -0.15) is 5.10 Å². The molecule has 17 heavy (non-hydrogen) atoms. The van der Waals surface area contributed by atoms with Gasteiger partial charge in [-0.25, -0.2) is 0 Å².